The Morgan fingerprint density at radius 3 is 2.31 bits per heavy atom. The Morgan fingerprint density at radius 1 is 1.19 bits per heavy atom. The van der Waals surface area contributed by atoms with E-state index in [1.165, 1.54) is 21.3 Å². The summed E-state index contributed by atoms with van der Waals surface area (Å²) in [7, 11) is 4.36. The zero-order chi connectivity index (χ0) is 12.1. The van der Waals surface area contributed by atoms with Crippen molar-refractivity contribution in [3.63, 3.8) is 0 Å². The molecule has 0 aliphatic rings. The number of rotatable bonds is 4. The first-order valence-corrected chi connectivity index (χ1v) is 4.97. The average molecular weight is 245 g/mol. The highest BCUT2D eigenvalue weighted by Crippen LogP contribution is 2.32. The van der Waals surface area contributed by atoms with E-state index < -0.39 is 0 Å². The maximum absolute atomic E-state index is 11.2. The highest BCUT2D eigenvalue weighted by Gasteiger charge is 2.13. The van der Waals surface area contributed by atoms with Crippen molar-refractivity contribution in [3.05, 3.63) is 22.7 Å². The number of esters is 1. The van der Waals surface area contributed by atoms with Crippen LogP contribution in [0, 0.1) is 0 Å². The first-order chi connectivity index (χ1) is 7.62. The number of carbonyl (C=O) groups excluding carboxylic acids is 1. The van der Waals surface area contributed by atoms with Gasteiger partial charge in [-0.15, -0.1) is 0 Å². The molecule has 0 bridgehead atoms. The molecule has 0 saturated heterocycles. The van der Waals surface area contributed by atoms with Crippen LogP contribution in [-0.2, 0) is 16.0 Å². The minimum Gasteiger partial charge on any atom is -0.496 e. The lowest BCUT2D eigenvalue weighted by molar-refractivity contribution is -0.139. The number of halogens is 1. The van der Waals surface area contributed by atoms with E-state index in [1.807, 2.05) is 0 Å². The predicted octanol–water partition coefficient (Wildman–Crippen LogP) is 2.07. The fourth-order valence-corrected chi connectivity index (χ4v) is 1.52. The number of hydrogen-bond donors (Lipinski definition) is 0. The van der Waals surface area contributed by atoms with Gasteiger partial charge in [0.05, 0.1) is 32.8 Å². The Kier molecular flexibility index (Phi) is 4.43. The number of methoxy groups -OCH3 is 3. The monoisotopic (exact) mass is 244 g/mol. The van der Waals surface area contributed by atoms with Crippen molar-refractivity contribution >= 4 is 17.6 Å². The van der Waals surface area contributed by atoms with Crippen LogP contribution in [0.4, 0.5) is 0 Å². The number of carbonyl (C=O) groups is 1. The third-order valence-electron chi connectivity index (χ3n) is 2.12. The SMILES string of the molecule is COC(=O)Cc1cc(OC)c(Cl)cc1OC. The molecule has 16 heavy (non-hydrogen) atoms. The molecule has 0 N–H and O–H groups in total. The molecule has 1 aromatic carbocycles. The van der Waals surface area contributed by atoms with Gasteiger partial charge in [0.25, 0.3) is 0 Å². The molecule has 0 aliphatic carbocycles. The first kappa shape index (κ1) is 12.6. The molecular weight excluding hydrogens is 232 g/mol. The second kappa shape index (κ2) is 5.61. The number of ether oxygens (including phenoxy) is 3. The second-order valence-electron chi connectivity index (χ2n) is 3.05. The summed E-state index contributed by atoms with van der Waals surface area (Å²) < 4.78 is 14.8. The quantitative estimate of drug-likeness (QED) is 0.761. The molecule has 0 aromatic heterocycles. The van der Waals surface area contributed by atoms with Crippen molar-refractivity contribution in [2.45, 2.75) is 6.42 Å². The maximum Gasteiger partial charge on any atom is 0.310 e. The number of hydrogen-bond acceptors (Lipinski definition) is 4. The summed E-state index contributed by atoms with van der Waals surface area (Å²) >= 11 is 5.93. The van der Waals surface area contributed by atoms with E-state index in [0.717, 1.165) is 0 Å². The minimum absolute atomic E-state index is 0.118. The van der Waals surface area contributed by atoms with E-state index in [9.17, 15) is 4.79 Å². The average Bonchev–Trinajstić information content (AvgIpc) is 2.30. The van der Waals surface area contributed by atoms with Gasteiger partial charge in [0.2, 0.25) is 0 Å². The van der Waals surface area contributed by atoms with Crippen LogP contribution in [0.2, 0.25) is 5.02 Å². The molecule has 1 rings (SSSR count). The second-order valence-corrected chi connectivity index (χ2v) is 3.46. The highest BCUT2D eigenvalue weighted by molar-refractivity contribution is 6.32. The van der Waals surface area contributed by atoms with Crippen molar-refractivity contribution in [2.24, 2.45) is 0 Å². The molecule has 0 atom stereocenters. The van der Waals surface area contributed by atoms with Crippen molar-refractivity contribution in [1.29, 1.82) is 0 Å². The van der Waals surface area contributed by atoms with Gasteiger partial charge in [-0.1, -0.05) is 11.6 Å². The molecule has 1 aromatic rings. The van der Waals surface area contributed by atoms with E-state index in [0.29, 0.717) is 22.1 Å². The summed E-state index contributed by atoms with van der Waals surface area (Å²) in [4.78, 5) is 11.2. The Morgan fingerprint density at radius 2 is 1.81 bits per heavy atom. The van der Waals surface area contributed by atoms with Gasteiger partial charge in [-0.25, -0.2) is 0 Å². The molecule has 88 valence electrons. The van der Waals surface area contributed by atoms with Gasteiger partial charge in [-0.2, -0.15) is 0 Å². The van der Waals surface area contributed by atoms with Crippen LogP contribution in [0.1, 0.15) is 5.56 Å². The molecule has 0 radical (unpaired) electrons. The van der Waals surface area contributed by atoms with Gasteiger partial charge in [0, 0.05) is 11.6 Å². The minimum atomic E-state index is -0.345. The Labute approximate surface area is 99.1 Å². The summed E-state index contributed by atoms with van der Waals surface area (Å²) in [6.45, 7) is 0. The van der Waals surface area contributed by atoms with Gasteiger partial charge in [0.1, 0.15) is 11.5 Å². The van der Waals surface area contributed by atoms with Crippen LogP contribution in [0.5, 0.6) is 11.5 Å². The smallest absolute Gasteiger partial charge is 0.310 e. The summed E-state index contributed by atoms with van der Waals surface area (Å²) in [5, 5.41) is 0.438. The fourth-order valence-electron chi connectivity index (χ4n) is 1.29. The third-order valence-corrected chi connectivity index (χ3v) is 2.41. The molecule has 0 fully saturated rings. The van der Waals surface area contributed by atoms with Crippen LogP contribution >= 0.6 is 11.6 Å². The van der Waals surface area contributed by atoms with Gasteiger partial charge in [0.15, 0.2) is 0 Å². The lowest BCUT2D eigenvalue weighted by atomic mass is 10.1. The van der Waals surface area contributed by atoms with Crippen LogP contribution in [0.15, 0.2) is 12.1 Å². The summed E-state index contributed by atoms with van der Waals surface area (Å²) in [5.41, 5.74) is 0.676. The molecular formula is C11H13ClO4. The largest absolute Gasteiger partial charge is 0.496 e. The highest BCUT2D eigenvalue weighted by atomic mass is 35.5. The van der Waals surface area contributed by atoms with Crippen molar-refractivity contribution in [1.82, 2.24) is 0 Å². The molecule has 0 unspecified atom stereocenters. The van der Waals surface area contributed by atoms with E-state index in [4.69, 9.17) is 21.1 Å². The molecule has 0 saturated carbocycles. The van der Waals surface area contributed by atoms with Crippen LogP contribution in [0.3, 0.4) is 0 Å². The van der Waals surface area contributed by atoms with E-state index in [-0.39, 0.29) is 12.4 Å². The first-order valence-electron chi connectivity index (χ1n) is 4.59. The van der Waals surface area contributed by atoms with Crippen LogP contribution in [-0.4, -0.2) is 27.3 Å². The van der Waals surface area contributed by atoms with E-state index in [2.05, 4.69) is 4.74 Å². The van der Waals surface area contributed by atoms with Crippen LogP contribution in [0.25, 0.3) is 0 Å². The van der Waals surface area contributed by atoms with Gasteiger partial charge >= 0.3 is 5.97 Å². The third kappa shape index (κ3) is 2.79. The van der Waals surface area contributed by atoms with E-state index in [1.54, 1.807) is 12.1 Å². The maximum atomic E-state index is 11.2. The standard InChI is InChI=1S/C11H13ClO4/c1-14-9-6-8(12)10(15-2)4-7(9)5-11(13)16-3/h4,6H,5H2,1-3H3. The molecule has 0 aliphatic heterocycles. The molecule has 4 nitrogen and oxygen atoms in total. The van der Waals surface area contributed by atoms with Crippen molar-refractivity contribution < 1.29 is 19.0 Å². The Bertz CT molecular complexity index is 390. The lowest BCUT2D eigenvalue weighted by Crippen LogP contribution is -2.06. The predicted molar refractivity (Wildman–Crippen MR) is 60.3 cm³/mol. The summed E-state index contributed by atoms with van der Waals surface area (Å²) in [6, 6.07) is 3.27. The molecule has 0 amide bonds. The summed E-state index contributed by atoms with van der Waals surface area (Å²) in [5.74, 6) is 0.695. The molecule has 5 heteroatoms. The summed E-state index contributed by atoms with van der Waals surface area (Å²) in [6.07, 6.45) is 0.118. The normalized spacial score (nSPS) is 9.75. The topological polar surface area (TPSA) is 44.8 Å². The van der Waals surface area contributed by atoms with Crippen LogP contribution < -0.4 is 9.47 Å². The fraction of sp³-hybridized carbons (Fsp3) is 0.364. The van der Waals surface area contributed by atoms with Crippen molar-refractivity contribution in [3.8, 4) is 11.5 Å². The lowest BCUT2D eigenvalue weighted by Gasteiger charge is -2.11. The zero-order valence-corrected chi connectivity index (χ0v) is 10.1. The Balaban J connectivity index is 3.09. The van der Waals surface area contributed by atoms with Gasteiger partial charge < -0.3 is 14.2 Å². The van der Waals surface area contributed by atoms with Gasteiger partial charge in [-0.05, 0) is 6.07 Å². The van der Waals surface area contributed by atoms with Gasteiger partial charge in [-0.3, -0.25) is 4.79 Å². The molecule has 0 spiro atoms. The molecule has 0 heterocycles. The zero-order valence-electron chi connectivity index (χ0n) is 9.37. The van der Waals surface area contributed by atoms with E-state index >= 15 is 0 Å². The Hall–Kier alpha value is -1.42. The van der Waals surface area contributed by atoms with Crippen molar-refractivity contribution in [2.75, 3.05) is 21.3 Å². The number of benzene rings is 1.